The van der Waals surface area contributed by atoms with Crippen LogP contribution in [0.1, 0.15) is 29.5 Å². The third-order valence-corrected chi connectivity index (χ3v) is 5.75. The van der Waals surface area contributed by atoms with Gasteiger partial charge in [-0.2, -0.15) is 0 Å². The molecule has 0 spiro atoms. The number of aliphatic hydroxyl groups is 1. The zero-order valence-electron chi connectivity index (χ0n) is 17.3. The Balaban J connectivity index is 2.33. The number of aliphatic carboxylic acids is 1. The molecule has 2 N–H and O–H groups in total. The van der Waals surface area contributed by atoms with E-state index < -0.39 is 23.1 Å². The summed E-state index contributed by atoms with van der Waals surface area (Å²) < 4.78 is 11.3. The van der Waals surface area contributed by atoms with Crippen LogP contribution in [0.15, 0.2) is 84.9 Å². The van der Waals surface area contributed by atoms with Crippen LogP contribution in [-0.4, -0.2) is 36.0 Å². The van der Waals surface area contributed by atoms with Crippen molar-refractivity contribution in [1.82, 2.24) is 0 Å². The largest absolute Gasteiger partial charge is 0.497 e. The molecule has 3 aromatic carbocycles. The first-order valence-electron chi connectivity index (χ1n) is 9.67. The van der Waals surface area contributed by atoms with Crippen molar-refractivity contribution in [2.24, 2.45) is 0 Å². The van der Waals surface area contributed by atoms with E-state index in [1.807, 2.05) is 12.1 Å². The monoisotopic (exact) mass is 406 g/mol. The second-order valence-electron chi connectivity index (χ2n) is 7.19. The highest BCUT2D eigenvalue weighted by Gasteiger charge is 2.62. The van der Waals surface area contributed by atoms with Gasteiger partial charge in [0.15, 0.2) is 5.60 Å². The molecule has 3 aromatic rings. The van der Waals surface area contributed by atoms with E-state index in [2.05, 4.69) is 0 Å². The molecule has 0 fully saturated rings. The van der Waals surface area contributed by atoms with Gasteiger partial charge in [0.2, 0.25) is 5.60 Å². The Morgan fingerprint density at radius 1 is 0.867 bits per heavy atom. The normalized spacial score (nSPS) is 14.5. The number of benzene rings is 3. The summed E-state index contributed by atoms with van der Waals surface area (Å²) in [6.45, 7) is 1.68. The van der Waals surface area contributed by atoms with Crippen molar-refractivity contribution >= 4 is 5.97 Å². The Labute approximate surface area is 176 Å². The van der Waals surface area contributed by atoms with Crippen molar-refractivity contribution in [3.8, 4) is 5.75 Å². The summed E-state index contributed by atoms with van der Waals surface area (Å²) in [7, 11) is 2.97. The van der Waals surface area contributed by atoms with Crippen LogP contribution in [0.5, 0.6) is 5.75 Å². The summed E-state index contributed by atoms with van der Waals surface area (Å²) in [5.41, 5.74) is -2.30. The van der Waals surface area contributed by atoms with Crippen LogP contribution >= 0.6 is 0 Å². The minimum atomic E-state index is -2.34. The van der Waals surface area contributed by atoms with Gasteiger partial charge in [0.05, 0.1) is 7.11 Å². The maximum atomic E-state index is 12.8. The predicted octanol–water partition coefficient (Wildman–Crippen LogP) is 4.20. The number of methoxy groups -OCH3 is 2. The summed E-state index contributed by atoms with van der Waals surface area (Å²) >= 11 is 0. The molecule has 3 rings (SSSR count). The van der Waals surface area contributed by atoms with E-state index in [0.29, 0.717) is 22.4 Å². The van der Waals surface area contributed by atoms with Gasteiger partial charge in [0.25, 0.3) is 0 Å². The fourth-order valence-corrected chi connectivity index (χ4v) is 4.14. The van der Waals surface area contributed by atoms with Gasteiger partial charge in [-0.1, -0.05) is 79.7 Å². The minimum Gasteiger partial charge on any atom is -0.497 e. The molecule has 5 heteroatoms. The lowest BCUT2D eigenvalue weighted by Gasteiger charge is -2.47. The van der Waals surface area contributed by atoms with E-state index >= 15 is 0 Å². The van der Waals surface area contributed by atoms with Gasteiger partial charge in [-0.05, 0) is 28.8 Å². The molecule has 0 aromatic heterocycles. The van der Waals surface area contributed by atoms with Gasteiger partial charge < -0.3 is 19.7 Å². The van der Waals surface area contributed by atoms with E-state index in [1.54, 1.807) is 86.8 Å². The average molecular weight is 406 g/mol. The van der Waals surface area contributed by atoms with Crippen LogP contribution in [-0.2, 0) is 15.1 Å². The predicted molar refractivity (Wildman–Crippen MR) is 115 cm³/mol. The first-order valence-corrected chi connectivity index (χ1v) is 9.67. The Bertz CT molecular complexity index is 947. The van der Waals surface area contributed by atoms with Crippen molar-refractivity contribution < 1.29 is 24.5 Å². The fraction of sp³-hybridized carbons (Fsp3) is 0.240. The van der Waals surface area contributed by atoms with Crippen LogP contribution in [0.2, 0.25) is 0 Å². The molecule has 0 aliphatic rings. The van der Waals surface area contributed by atoms with E-state index in [-0.39, 0.29) is 0 Å². The highest BCUT2D eigenvalue weighted by atomic mass is 16.5. The Kier molecular flexibility index (Phi) is 6.25. The van der Waals surface area contributed by atoms with Crippen LogP contribution in [0.4, 0.5) is 0 Å². The van der Waals surface area contributed by atoms with Crippen molar-refractivity contribution in [3.05, 3.63) is 102 Å². The van der Waals surface area contributed by atoms with Crippen LogP contribution in [0.3, 0.4) is 0 Å². The molecule has 156 valence electrons. The van der Waals surface area contributed by atoms with Crippen LogP contribution < -0.4 is 4.74 Å². The lowest BCUT2D eigenvalue weighted by molar-refractivity contribution is -0.199. The Hall–Kier alpha value is -3.15. The molecule has 0 aliphatic carbocycles. The van der Waals surface area contributed by atoms with Gasteiger partial charge in [-0.15, -0.1) is 0 Å². The van der Waals surface area contributed by atoms with Crippen molar-refractivity contribution in [3.63, 3.8) is 0 Å². The minimum absolute atomic E-state index is 0.540. The van der Waals surface area contributed by atoms with E-state index in [0.717, 1.165) is 0 Å². The molecule has 0 aliphatic heterocycles. The number of hydrogen-bond donors (Lipinski definition) is 2. The number of carboxylic acid groups (broad SMARTS) is 1. The summed E-state index contributed by atoms with van der Waals surface area (Å²) in [6, 6.07) is 25.0. The van der Waals surface area contributed by atoms with Gasteiger partial charge in [-0.3, -0.25) is 0 Å². The molecule has 5 nitrogen and oxygen atoms in total. The third-order valence-electron chi connectivity index (χ3n) is 5.75. The van der Waals surface area contributed by atoms with E-state index in [4.69, 9.17) is 9.47 Å². The smallest absolute Gasteiger partial charge is 0.340 e. The third kappa shape index (κ3) is 3.36. The molecule has 0 saturated carbocycles. The van der Waals surface area contributed by atoms with Crippen molar-refractivity contribution in [2.75, 3.05) is 14.2 Å². The molecule has 0 heterocycles. The van der Waals surface area contributed by atoms with Crippen LogP contribution in [0.25, 0.3) is 0 Å². The maximum absolute atomic E-state index is 12.8. The molecule has 2 atom stereocenters. The van der Waals surface area contributed by atoms with Gasteiger partial charge in [-0.25, -0.2) is 4.79 Å². The molecular formula is C25H26O5. The van der Waals surface area contributed by atoms with Gasteiger partial charge in [0.1, 0.15) is 5.75 Å². The molecular weight excluding hydrogens is 380 g/mol. The van der Waals surface area contributed by atoms with Crippen molar-refractivity contribution in [1.29, 1.82) is 0 Å². The molecule has 30 heavy (non-hydrogen) atoms. The second kappa shape index (κ2) is 8.69. The summed E-state index contributed by atoms with van der Waals surface area (Å²) in [6.07, 6.45) is 0. The summed E-state index contributed by atoms with van der Waals surface area (Å²) in [5, 5.41) is 22.4. The zero-order valence-corrected chi connectivity index (χ0v) is 17.3. The molecule has 0 bridgehead atoms. The SMILES string of the molecule is COc1cccc([C@H](C)[C@@](O)(C(=O)O)C(OC)(c2ccccc2)c2ccccc2)c1. The topological polar surface area (TPSA) is 76.0 Å². The molecule has 0 unspecified atom stereocenters. The Morgan fingerprint density at radius 2 is 1.40 bits per heavy atom. The highest BCUT2D eigenvalue weighted by molar-refractivity contribution is 5.82. The standard InChI is InChI=1S/C25H26O5/c1-18(19-11-10-16-22(17-19)29-2)24(28,23(26)27)25(30-3,20-12-6-4-7-13-20)21-14-8-5-9-15-21/h4-18,28H,1-3H3,(H,26,27)/t18-,24+/m0/s1. The highest BCUT2D eigenvalue weighted by Crippen LogP contribution is 2.49. The molecule has 0 radical (unpaired) electrons. The number of ether oxygens (including phenoxy) is 2. The van der Waals surface area contributed by atoms with Gasteiger partial charge in [0, 0.05) is 13.0 Å². The maximum Gasteiger partial charge on any atom is 0.340 e. The van der Waals surface area contributed by atoms with E-state index in [9.17, 15) is 15.0 Å². The number of carboxylic acids is 1. The first kappa shape index (κ1) is 21.6. The average Bonchev–Trinajstić information content (AvgIpc) is 2.80. The van der Waals surface area contributed by atoms with Crippen LogP contribution in [0, 0.1) is 0 Å². The second-order valence-corrected chi connectivity index (χ2v) is 7.19. The fourth-order valence-electron chi connectivity index (χ4n) is 4.14. The first-order chi connectivity index (χ1) is 14.4. The molecule has 0 saturated heterocycles. The zero-order chi connectivity index (χ0) is 21.8. The quantitative estimate of drug-likeness (QED) is 0.586. The van der Waals surface area contributed by atoms with Crippen molar-refractivity contribution in [2.45, 2.75) is 24.0 Å². The molecule has 0 amide bonds. The summed E-state index contributed by atoms with van der Waals surface area (Å²) in [4.78, 5) is 12.8. The number of carbonyl (C=O) groups is 1. The number of hydrogen-bond acceptors (Lipinski definition) is 4. The number of rotatable bonds is 8. The Morgan fingerprint density at radius 3 is 1.83 bits per heavy atom. The lowest BCUT2D eigenvalue weighted by Crippen LogP contribution is -2.61. The lowest BCUT2D eigenvalue weighted by atomic mass is 9.65. The van der Waals surface area contributed by atoms with Gasteiger partial charge >= 0.3 is 5.97 Å². The summed E-state index contributed by atoms with van der Waals surface area (Å²) in [5.74, 6) is -1.65. The van der Waals surface area contributed by atoms with E-state index in [1.165, 1.54) is 7.11 Å².